The van der Waals surface area contributed by atoms with Crippen LogP contribution in [0.1, 0.15) is 6.92 Å². The van der Waals surface area contributed by atoms with E-state index in [-0.39, 0.29) is 11.7 Å². The van der Waals surface area contributed by atoms with Crippen LogP contribution < -0.4 is 4.90 Å². The highest BCUT2D eigenvalue weighted by molar-refractivity contribution is 7.18. The van der Waals surface area contributed by atoms with Gasteiger partial charge in [-0.05, 0) is 24.3 Å². The van der Waals surface area contributed by atoms with Crippen molar-refractivity contribution in [3.63, 3.8) is 0 Å². The second-order valence-corrected chi connectivity index (χ2v) is 5.02. The van der Waals surface area contributed by atoms with Gasteiger partial charge in [0.15, 0.2) is 0 Å². The number of nitrogens with zero attached hydrogens (tertiary/aromatic N) is 3. The molecule has 2 rings (SSSR count). The first kappa shape index (κ1) is 14.5. The van der Waals surface area contributed by atoms with E-state index in [0.29, 0.717) is 23.3 Å². The highest BCUT2D eigenvalue weighted by Crippen LogP contribution is 2.28. The highest BCUT2D eigenvalue weighted by Gasteiger charge is 2.17. The molecule has 0 saturated carbocycles. The molecule has 1 aromatic carbocycles. The molecule has 0 N–H and O–H groups in total. The number of amides is 1. The van der Waals surface area contributed by atoms with Crippen LogP contribution in [0.15, 0.2) is 24.3 Å². The van der Waals surface area contributed by atoms with Gasteiger partial charge in [0.1, 0.15) is 10.8 Å². The lowest BCUT2D eigenvalue weighted by molar-refractivity contribution is -0.116. The fourth-order valence-corrected chi connectivity index (χ4v) is 2.52. The van der Waals surface area contributed by atoms with E-state index in [9.17, 15) is 9.18 Å². The molecule has 0 aliphatic rings. The molecule has 0 aliphatic carbocycles. The number of methoxy groups -OCH3 is 1. The van der Waals surface area contributed by atoms with Crippen LogP contribution in [-0.4, -0.2) is 36.4 Å². The molecule has 1 aromatic heterocycles. The Morgan fingerprint density at radius 3 is 2.65 bits per heavy atom. The largest absolute Gasteiger partial charge is 0.383 e. The third kappa shape index (κ3) is 3.37. The smallest absolute Gasteiger partial charge is 0.225 e. The lowest BCUT2D eigenvalue weighted by Crippen LogP contribution is -2.31. The topological polar surface area (TPSA) is 55.3 Å². The van der Waals surface area contributed by atoms with Crippen LogP contribution >= 0.6 is 11.3 Å². The number of benzene rings is 1. The summed E-state index contributed by atoms with van der Waals surface area (Å²) in [7, 11) is 1.57. The van der Waals surface area contributed by atoms with Crippen LogP contribution in [0.5, 0.6) is 0 Å². The summed E-state index contributed by atoms with van der Waals surface area (Å²) in [6, 6.07) is 5.99. The average Bonchev–Trinajstić information content (AvgIpc) is 2.89. The van der Waals surface area contributed by atoms with Crippen LogP contribution in [0.25, 0.3) is 10.6 Å². The number of carbonyl (C=O) groups is 1. The van der Waals surface area contributed by atoms with E-state index in [0.717, 1.165) is 5.56 Å². The molecular weight excluding hydrogens is 281 g/mol. The van der Waals surface area contributed by atoms with Crippen LogP contribution in [0.2, 0.25) is 0 Å². The zero-order valence-electron chi connectivity index (χ0n) is 11.2. The molecule has 0 unspecified atom stereocenters. The Hall–Kier alpha value is -1.86. The number of hydrogen-bond donors (Lipinski definition) is 0. The zero-order chi connectivity index (χ0) is 14.5. The van der Waals surface area contributed by atoms with Crippen molar-refractivity contribution >= 4 is 22.4 Å². The summed E-state index contributed by atoms with van der Waals surface area (Å²) < 4.78 is 17.9. The number of anilines is 1. The Morgan fingerprint density at radius 2 is 2.05 bits per heavy atom. The molecule has 106 valence electrons. The SMILES string of the molecule is COCCN(C(C)=O)c1nnc(-c2ccc(F)cc2)s1. The van der Waals surface area contributed by atoms with Crippen molar-refractivity contribution in [2.24, 2.45) is 0 Å². The van der Waals surface area contributed by atoms with Gasteiger partial charge in [0.2, 0.25) is 11.0 Å². The monoisotopic (exact) mass is 295 g/mol. The predicted octanol–water partition coefficient (Wildman–Crippen LogP) is 2.34. The Kier molecular flexibility index (Phi) is 4.75. The van der Waals surface area contributed by atoms with Gasteiger partial charge < -0.3 is 4.74 Å². The number of rotatable bonds is 5. The Bertz CT molecular complexity index is 586. The average molecular weight is 295 g/mol. The summed E-state index contributed by atoms with van der Waals surface area (Å²) >= 11 is 1.28. The van der Waals surface area contributed by atoms with Crippen LogP contribution in [0.4, 0.5) is 9.52 Å². The van der Waals surface area contributed by atoms with Gasteiger partial charge in [-0.2, -0.15) is 0 Å². The van der Waals surface area contributed by atoms with Crippen molar-refractivity contribution < 1.29 is 13.9 Å². The van der Waals surface area contributed by atoms with Gasteiger partial charge in [-0.15, -0.1) is 10.2 Å². The summed E-state index contributed by atoms with van der Waals surface area (Å²) in [6.45, 7) is 2.31. The number of halogens is 1. The number of ether oxygens (including phenoxy) is 1. The van der Waals surface area contributed by atoms with Crippen LogP contribution in [0.3, 0.4) is 0 Å². The van der Waals surface area contributed by atoms with E-state index in [1.807, 2.05) is 0 Å². The standard InChI is InChI=1S/C13H14FN3O2S/c1-9(18)17(7-8-19-2)13-16-15-12(20-13)10-3-5-11(14)6-4-10/h3-6H,7-8H2,1-2H3. The Morgan fingerprint density at radius 1 is 1.35 bits per heavy atom. The molecule has 0 atom stereocenters. The minimum absolute atomic E-state index is 0.121. The zero-order valence-corrected chi connectivity index (χ0v) is 12.0. The van der Waals surface area contributed by atoms with E-state index in [1.54, 1.807) is 19.2 Å². The van der Waals surface area contributed by atoms with Crippen LogP contribution in [-0.2, 0) is 9.53 Å². The van der Waals surface area contributed by atoms with Crippen LogP contribution in [0, 0.1) is 5.82 Å². The summed E-state index contributed by atoms with van der Waals surface area (Å²) in [5.41, 5.74) is 0.769. The third-order valence-electron chi connectivity index (χ3n) is 2.64. The molecule has 2 aromatic rings. The lowest BCUT2D eigenvalue weighted by atomic mass is 10.2. The lowest BCUT2D eigenvalue weighted by Gasteiger charge is -2.16. The number of aromatic nitrogens is 2. The van der Waals surface area contributed by atoms with E-state index in [4.69, 9.17) is 4.74 Å². The van der Waals surface area contributed by atoms with Gasteiger partial charge in [0, 0.05) is 19.6 Å². The van der Waals surface area contributed by atoms with Gasteiger partial charge in [-0.1, -0.05) is 11.3 Å². The second kappa shape index (κ2) is 6.53. The summed E-state index contributed by atoms with van der Waals surface area (Å²) in [6.07, 6.45) is 0. The first-order valence-electron chi connectivity index (χ1n) is 5.98. The number of carbonyl (C=O) groups excluding carboxylic acids is 1. The first-order valence-corrected chi connectivity index (χ1v) is 6.80. The molecule has 7 heteroatoms. The van der Waals surface area contributed by atoms with Crippen molar-refractivity contribution in [2.45, 2.75) is 6.92 Å². The van der Waals surface area contributed by atoms with Crippen molar-refractivity contribution in [1.29, 1.82) is 0 Å². The molecule has 20 heavy (non-hydrogen) atoms. The van der Waals surface area contributed by atoms with E-state index >= 15 is 0 Å². The number of hydrogen-bond acceptors (Lipinski definition) is 5. The summed E-state index contributed by atoms with van der Waals surface area (Å²) in [4.78, 5) is 13.1. The summed E-state index contributed by atoms with van der Waals surface area (Å²) in [5.74, 6) is -0.423. The Balaban J connectivity index is 2.22. The minimum atomic E-state index is -0.302. The quantitative estimate of drug-likeness (QED) is 0.849. The van der Waals surface area contributed by atoms with Gasteiger partial charge in [-0.3, -0.25) is 9.69 Å². The van der Waals surface area contributed by atoms with E-state index < -0.39 is 0 Å². The molecule has 0 bridgehead atoms. The van der Waals surface area contributed by atoms with E-state index in [2.05, 4.69) is 10.2 Å². The predicted molar refractivity (Wildman–Crippen MR) is 75.2 cm³/mol. The van der Waals surface area contributed by atoms with Gasteiger partial charge in [0.25, 0.3) is 0 Å². The van der Waals surface area contributed by atoms with Gasteiger partial charge in [0.05, 0.1) is 13.2 Å². The molecule has 1 heterocycles. The summed E-state index contributed by atoms with van der Waals surface area (Å²) in [5, 5.41) is 9.20. The second-order valence-electron chi connectivity index (χ2n) is 4.06. The fourth-order valence-electron chi connectivity index (χ4n) is 1.60. The maximum absolute atomic E-state index is 12.9. The van der Waals surface area contributed by atoms with Gasteiger partial charge in [-0.25, -0.2) is 4.39 Å². The molecule has 5 nitrogen and oxygen atoms in total. The molecule has 0 saturated heterocycles. The molecule has 1 amide bonds. The Labute approximate surface area is 120 Å². The van der Waals surface area contributed by atoms with Crippen molar-refractivity contribution in [2.75, 3.05) is 25.2 Å². The maximum Gasteiger partial charge on any atom is 0.225 e. The fraction of sp³-hybridized carbons (Fsp3) is 0.308. The first-order chi connectivity index (χ1) is 9.61. The van der Waals surface area contributed by atoms with Crippen molar-refractivity contribution in [3.05, 3.63) is 30.1 Å². The van der Waals surface area contributed by atoms with Crippen molar-refractivity contribution in [3.8, 4) is 10.6 Å². The molecule has 0 aliphatic heterocycles. The molecule has 0 radical (unpaired) electrons. The maximum atomic E-state index is 12.9. The normalized spacial score (nSPS) is 10.6. The van der Waals surface area contributed by atoms with Gasteiger partial charge >= 0.3 is 0 Å². The molecular formula is C13H14FN3O2S. The molecule has 0 spiro atoms. The third-order valence-corrected chi connectivity index (χ3v) is 3.63. The van der Waals surface area contributed by atoms with E-state index in [1.165, 1.54) is 35.3 Å². The highest BCUT2D eigenvalue weighted by atomic mass is 32.1. The van der Waals surface area contributed by atoms with Crippen molar-refractivity contribution in [1.82, 2.24) is 10.2 Å². The molecule has 0 fully saturated rings. The minimum Gasteiger partial charge on any atom is -0.383 e.